The molecule has 0 fully saturated rings. The number of methoxy groups -OCH3 is 1. The molecule has 1 aliphatic heterocycles. The predicted octanol–water partition coefficient (Wildman–Crippen LogP) is 3.43. The van der Waals surface area contributed by atoms with Crippen LogP contribution in [-0.2, 0) is 16.1 Å². The first-order valence-electron chi connectivity index (χ1n) is 8.89. The van der Waals surface area contributed by atoms with Gasteiger partial charge in [0.1, 0.15) is 13.2 Å². The van der Waals surface area contributed by atoms with Gasteiger partial charge in [0.05, 0.1) is 23.7 Å². The molecule has 0 N–H and O–H groups in total. The van der Waals surface area contributed by atoms with Crippen LogP contribution in [0.15, 0.2) is 41.4 Å². The Morgan fingerprint density at radius 2 is 1.97 bits per heavy atom. The third-order valence-electron chi connectivity index (χ3n) is 4.38. The quantitative estimate of drug-likeness (QED) is 0.590. The molecule has 0 unspecified atom stereocenters. The van der Waals surface area contributed by atoms with Gasteiger partial charge in [-0.2, -0.15) is 4.99 Å². The van der Waals surface area contributed by atoms with Crippen LogP contribution in [0, 0.1) is 0 Å². The number of fused-ring (bicyclic) bond motifs is 2. The highest BCUT2D eigenvalue weighted by molar-refractivity contribution is 7.16. The van der Waals surface area contributed by atoms with Crippen molar-refractivity contribution >= 4 is 45.0 Å². The number of ether oxygens (including phenoxy) is 3. The molecule has 1 aromatic heterocycles. The molecule has 29 heavy (non-hydrogen) atoms. The first kappa shape index (κ1) is 19.5. The number of hydrogen-bond acceptors (Lipinski definition) is 6. The molecule has 0 saturated heterocycles. The zero-order valence-corrected chi connectivity index (χ0v) is 17.1. The van der Waals surface area contributed by atoms with E-state index in [2.05, 4.69) is 4.99 Å². The number of carbonyl (C=O) groups is 2. The number of rotatable bonds is 4. The zero-order valence-electron chi connectivity index (χ0n) is 15.5. The molecule has 1 amide bonds. The van der Waals surface area contributed by atoms with Gasteiger partial charge in [0, 0.05) is 29.3 Å². The van der Waals surface area contributed by atoms with Crippen LogP contribution >= 0.6 is 22.9 Å². The first-order chi connectivity index (χ1) is 14.0. The van der Waals surface area contributed by atoms with Crippen LogP contribution in [0.25, 0.3) is 10.2 Å². The average Bonchev–Trinajstić information content (AvgIpc) is 3.05. The fourth-order valence-electron chi connectivity index (χ4n) is 2.99. The lowest BCUT2D eigenvalue weighted by atomic mass is 10.2. The number of amides is 1. The van der Waals surface area contributed by atoms with E-state index in [0.717, 1.165) is 10.2 Å². The van der Waals surface area contributed by atoms with E-state index in [0.29, 0.717) is 46.6 Å². The number of benzene rings is 2. The summed E-state index contributed by atoms with van der Waals surface area (Å²) in [4.78, 5) is 29.1. The molecule has 0 aliphatic carbocycles. The van der Waals surface area contributed by atoms with Crippen LogP contribution in [0.4, 0.5) is 0 Å². The van der Waals surface area contributed by atoms with E-state index in [4.69, 9.17) is 25.8 Å². The number of nitrogens with zero attached hydrogens (tertiary/aromatic N) is 2. The van der Waals surface area contributed by atoms with Crippen molar-refractivity contribution in [2.24, 2.45) is 4.99 Å². The minimum Gasteiger partial charge on any atom is -0.486 e. The minimum atomic E-state index is -0.414. The van der Waals surface area contributed by atoms with Crippen LogP contribution in [0.2, 0.25) is 5.02 Å². The molecule has 7 nitrogen and oxygen atoms in total. The van der Waals surface area contributed by atoms with Gasteiger partial charge in [0.25, 0.3) is 5.91 Å². The van der Waals surface area contributed by atoms with Gasteiger partial charge in [-0.1, -0.05) is 29.0 Å². The Morgan fingerprint density at radius 1 is 1.21 bits per heavy atom. The van der Waals surface area contributed by atoms with Crippen LogP contribution in [0.3, 0.4) is 0 Å². The summed E-state index contributed by atoms with van der Waals surface area (Å²) in [5, 5.41) is 0.461. The molecule has 4 rings (SSSR count). The van der Waals surface area contributed by atoms with E-state index in [1.54, 1.807) is 24.3 Å². The molecular weight excluding hydrogens is 416 g/mol. The van der Waals surface area contributed by atoms with Crippen molar-refractivity contribution in [2.45, 2.75) is 13.0 Å². The van der Waals surface area contributed by atoms with Gasteiger partial charge < -0.3 is 18.8 Å². The highest BCUT2D eigenvalue weighted by atomic mass is 35.5. The molecule has 0 spiro atoms. The zero-order chi connectivity index (χ0) is 20.4. The predicted molar refractivity (Wildman–Crippen MR) is 109 cm³/mol. The van der Waals surface area contributed by atoms with E-state index < -0.39 is 5.91 Å². The number of thiazole rings is 1. The molecule has 1 aliphatic rings. The van der Waals surface area contributed by atoms with Crippen LogP contribution in [0.5, 0.6) is 11.5 Å². The van der Waals surface area contributed by atoms with Crippen molar-refractivity contribution < 1.29 is 23.8 Å². The third kappa shape index (κ3) is 4.13. The van der Waals surface area contributed by atoms with Gasteiger partial charge in [-0.25, -0.2) is 0 Å². The second kappa shape index (κ2) is 8.26. The van der Waals surface area contributed by atoms with E-state index in [1.165, 1.54) is 18.4 Å². The first-order valence-corrected chi connectivity index (χ1v) is 10.1. The maximum atomic E-state index is 12.7. The summed E-state index contributed by atoms with van der Waals surface area (Å²) in [7, 11) is 1.34. The van der Waals surface area contributed by atoms with Crippen molar-refractivity contribution in [3.63, 3.8) is 0 Å². The van der Waals surface area contributed by atoms with Gasteiger partial charge in [0.2, 0.25) is 0 Å². The Hall–Kier alpha value is -2.84. The molecule has 3 aromatic rings. The topological polar surface area (TPSA) is 79.1 Å². The Labute approximate surface area is 175 Å². The number of halogens is 1. The normalized spacial score (nSPS) is 13.5. The molecule has 9 heteroatoms. The molecule has 150 valence electrons. The molecule has 0 bridgehead atoms. The Morgan fingerprint density at radius 3 is 2.69 bits per heavy atom. The van der Waals surface area contributed by atoms with Crippen LogP contribution < -0.4 is 14.3 Å². The monoisotopic (exact) mass is 432 g/mol. The Bertz CT molecular complexity index is 1170. The Balaban J connectivity index is 1.82. The highest BCUT2D eigenvalue weighted by Gasteiger charge is 2.17. The lowest BCUT2D eigenvalue weighted by Crippen LogP contribution is -2.19. The van der Waals surface area contributed by atoms with Gasteiger partial charge in [-0.05, 0) is 18.2 Å². The molecule has 2 aromatic carbocycles. The summed E-state index contributed by atoms with van der Waals surface area (Å²) in [6.07, 6.45) is 0.148. The fraction of sp³-hybridized carbons (Fsp3) is 0.250. The SMILES string of the molecule is COC(=O)CCn1c(=NC(=O)c2cccc(Cl)c2)sc2cc3c(cc21)OCCO3. The van der Waals surface area contributed by atoms with Gasteiger partial charge >= 0.3 is 5.97 Å². The maximum absolute atomic E-state index is 12.7. The van der Waals surface area contributed by atoms with Gasteiger partial charge in [0.15, 0.2) is 16.3 Å². The molecule has 0 saturated carbocycles. The standard InChI is InChI=1S/C20H17ClN2O5S/c1-26-18(24)5-6-23-14-10-15-16(28-8-7-27-15)11-17(14)29-20(23)22-19(25)12-3-2-4-13(21)9-12/h2-4,9-11H,5-8H2,1H3. The third-order valence-corrected chi connectivity index (χ3v) is 5.66. The number of aromatic nitrogens is 1. The lowest BCUT2D eigenvalue weighted by molar-refractivity contribution is -0.140. The van der Waals surface area contributed by atoms with E-state index in [1.807, 2.05) is 16.7 Å². The lowest BCUT2D eigenvalue weighted by Gasteiger charge is -2.18. The summed E-state index contributed by atoms with van der Waals surface area (Å²) < 4.78 is 18.8. The second-order valence-corrected chi connectivity index (χ2v) is 7.70. The highest BCUT2D eigenvalue weighted by Crippen LogP contribution is 2.35. The van der Waals surface area contributed by atoms with E-state index in [-0.39, 0.29) is 12.4 Å². The smallest absolute Gasteiger partial charge is 0.307 e. The Kier molecular flexibility index (Phi) is 5.55. The van der Waals surface area contributed by atoms with Gasteiger partial charge in [-0.15, -0.1) is 0 Å². The van der Waals surface area contributed by atoms with Gasteiger partial charge in [-0.3, -0.25) is 9.59 Å². The summed E-state index contributed by atoms with van der Waals surface area (Å²) in [6.45, 7) is 1.26. The van der Waals surface area contributed by atoms with Crippen molar-refractivity contribution in [1.29, 1.82) is 0 Å². The maximum Gasteiger partial charge on any atom is 0.307 e. The van der Waals surface area contributed by atoms with Crippen LogP contribution in [-0.4, -0.2) is 36.8 Å². The fourth-order valence-corrected chi connectivity index (χ4v) is 4.24. The summed E-state index contributed by atoms with van der Waals surface area (Å²) in [6, 6.07) is 10.3. The summed E-state index contributed by atoms with van der Waals surface area (Å²) in [5.74, 6) is 0.517. The van der Waals surface area contributed by atoms with Crippen molar-refractivity contribution in [3.05, 3.63) is 51.8 Å². The van der Waals surface area contributed by atoms with E-state index >= 15 is 0 Å². The van der Waals surface area contributed by atoms with Crippen molar-refractivity contribution in [3.8, 4) is 11.5 Å². The van der Waals surface area contributed by atoms with Crippen molar-refractivity contribution in [1.82, 2.24) is 4.57 Å². The number of esters is 1. The second-order valence-electron chi connectivity index (χ2n) is 6.25. The number of carbonyl (C=O) groups excluding carboxylic acids is 2. The summed E-state index contributed by atoms with van der Waals surface area (Å²) >= 11 is 7.32. The minimum absolute atomic E-state index is 0.148. The van der Waals surface area contributed by atoms with Crippen LogP contribution in [0.1, 0.15) is 16.8 Å². The number of aryl methyl sites for hydroxylation is 1. The number of hydrogen-bond donors (Lipinski definition) is 0. The van der Waals surface area contributed by atoms with Crippen molar-refractivity contribution in [2.75, 3.05) is 20.3 Å². The molecule has 0 radical (unpaired) electrons. The largest absolute Gasteiger partial charge is 0.486 e. The summed E-state index contributed by atoms with van der Waals surface area (Å²) in [5.41, 5.74) is 1.20. The van der Waals surface area contributed by atoms with E-state index in [9.17, 15) is 9.59 Å². The molecule has 2 heterocycles. The molecule has 0 atom stereocenters. The average molecular weight is 433 g/mol. The molecular formula is C20H17ClN2O5S.